The normalized spacial score (nSPS) is 10.8. The maximum absolute atomic E-state index is 13.8. The van der Waals surface area contributed by atoms with E-state index in [0.29, 0.717) is 11.6 Å². The molecule has 3 aromatic rings. The van der Waals surface area contributed by atoms with Crippen molar-refractivity contribution in [3.8, 4) is 11.6 Å². The van der Waals surface area contributed by atoms with Crippen LogP contribution in [0.4, 0.5) is 10.1 Å². The Balaban J connectivity index is 2.06. The SMILES string of the molecule is Cc1cc(Oc2ncnc3ccsc23)c(F)cc1N. The quantitative estimate of drug-likeness (QED) is 0.727. The maximum Gasteiger partial charge on any atom is 0.240 e. The first-order valence-corrected chi connectivity index (χ1v) is 6.45. The van der Waals surface area contributed by atoms with Crippen LogP contribution in [0.3, 0.4) is 0 Å². The highest BCUT2D eigenvalue weighted by Crippen LogP contribution is 2.32. The summed E-state index contributed by atoms with van der Waals surface area (Å²) in [5, 5.41) is 1.89. The van der Waals surface area contributed by atoms with Crippen LogP contribution < -0.4 is 10.5 Å². The number of hydrogen-bond donors (Lipinski definition) is 1. The Labute approximate surface area is 112 Å². The minimum atomic E-state index is -0.508. The van der Waals surface area contributed by atoms with Gasteiger partial charge in [0.15, 0.2) is 11.6 Å². The van der Waals surface area contributed by atoms with E-state index in [4.69, 9.17) is 10.5 Å². The zero-order valence-corrected chi connectivity index (χ0v) is 10.9. The van der Waals surface area contributed by atoms with Crippen molar-refractivity contribution in [2.45, 2.75) is 6.92 Å². The fourth-order valence-corrected chi connectivity index (χ4v) is 2.46. The fraction of sp³-hybridized carbons (Fsp3) is 0.0769. The third-order valence-electron chi connectivity index (χ3n) is 2.74. The first-order valence-electron chi connectivity index (χ1n) is 5.57. The van der Waals surface area contributed by atoms with E-state index < -0.39 is 5.82 Å². The van der Waals surface area contributed by atoms with Crippen molar-refractivity contribution in [1.29, 1.82) is 0 Å². The van der Waals surface area contributed by atoms with Gasteiger partial charge in [0.2, 0.25) is 5.88 Å². The van der Waals surface area contributed by atoms with Crippen LogP contribution in [0.1, 0.15) is 5.56 Å². The number of aryl methyl sites for hydroxylation is 1. The minimum absolute atomic E-state index is 0.111. The Bertz CT molecular complexity index is 757. The molecule has 6 heteroatoms. The highest BCUT2D eigenvalue weighted by atomic mass is 32.1. The van der Waals surface area contributed by atoms with Crippen molar-refractivity contribution in [2.75, 3.05) is 5.73 Å². The summed E-state index contributed by atoms with van der Waals surface area (Å²) < 4.78 is 20.1. The highest BCUT2D eigenvalue weighted by Gasteiger charge is 2.12. The van der Waals surface area contributed by atoms with Gasteiger partial charge in [-0.2, -0.15) is 0 Å². The lowest BCUT2D eigenvalue weighted by Crippen LogP contribution is -1.96. The predicted octanol–water partition coefficient (Wildman–Crippen LogP) is 3.51. The summed E-state index contributed by atoms with van der Waals surface area (Å²) >= 11 is 1.45. The molecule has 0 aliphatic heterocycles. The molecule has 0 saturated heterocycles. The Kier molecular flexibility index (Phi) is 2.79. The van der Waals surface area contributed by atoms with Gasteiger partial charge in [-0.3, -0.25) is 0 Å². The molecule has 19 heavy (non-hydrogen) atoms. The molecule has 2 N–H and O–H groups in total. The second kappa shape index (κ2) is 4.47. The molecule has 2 heterocycles. The van der Waals surface area contributed by atoms with Crippen molar-refractivity contribution in [3.63, 3.8) is 0 Å². The van der Waals surface area contributed by atoms with Crippen molar-refractivity contribution < 1.29 is 9.13 Å². The van der Waals surface area contributed by atoms with Gasteiger partial charge >= 0.3 is 0 Å². The van der Waals surface area contributed by atoms with Crippen LogP contribution in [0.2, 0.25) is 0 Å². The van der Waals surface area contributed by atoms with Gasteiger partial charge in [0.25, 0.3) is 0 Å². The van der Waals surface area contributed by atoms with E-state index in [1.165, 1.54) is 23.7 Å². The molecule has 0 unspecified atom stereocenters. The van der Waals surface area contributed by atoms with Gasteiger partial charge in [-0.15, -0.1) is 11.3 Å². The monoisotopic (exact) mass is 275 g/mol. The topological polar surface area (TPSA) is 61.0 Å². The van der Waals surface area contributed by atoms with E-state index in [0.717, 1.165) is 15.8 Å². The molecule has 0 atom stereocenters. The second-order valence-electron chi connectivity index (χ2n) is 4.06. The first kappa shape index (κ1) is 11.9. The minimum Gasteiger partial charge on any atom is -0.434 e. The standard InChI is InChI=1S/C13H10FN3OS/c1-7-4-11(8(14)5-9(7)15)18-13-12-10(2-3-19-12)16-6-17-13/h2-6H,15H2,1H3. The van der Waals surface area contributed by atoms with Gasteiger partial charge < -0.3 is 10.5 Å². The largest absolute Gasteiger partial charge is 0.434 e. The molecule has 0 amide bonds. The summed E-state index contributed by atoms with van der Waals surface area (Å²) in [6.45, 7) is 1.79. The molecule has 0 aliphatic carbocycles. The number of anilines is 1. The number of hydrogen-bond acceptors (Lipinski definition) is 5. The third kappa shape index (κ3) is 2.10. The molecule has 1 aromatic carbocycles. The summed E-state index contributed by atoms with van der Waals surface area (Å²) in [4.78, 5) is 8.15. The lowest BCUT2D eigenvalue weighted by Gasteiger charge is -2.08. The number of rotatable bonds is 2. The van der Waals surface area contributed by atoms with Gasteiger partial charge in [0, 0.05) is 11.8 Å². The molecule has 0 spiro atoms. The van der Waals surface area contributed by atoms with Gasteiger partial charge in [0.1, 0.15) is 11.0 Å². The number of nitrogens with two attached hydrogens (primary N) is 1. The van der Waals surface area contributed by atoms with Crippen LogP contribution in [-0.4, -0.2) is 9.97 Å². The molecular weight excluding hydrogens is 265 g/mol. The Hall–Kier alpha value is -2.21. The van der Waals surface area contributed by atoms with Crippen LogP contribution in [0.15, 0.2) is 29.9 Å². The van der Waals surface area contributed by atoms with Crippen LogP contribution in [-0.2, 0) is 0 Å². The second-order valence-corrected chi connectivity index (χ2v) is 4.97. The number of nitrogens with zero attached hydrogens (tertiary/aromatic N) is 2. The molecule has 0 bridgehead atoms. The Morgan fingerprint density at radius 1 is 1.32 bits per heavy atom. The van der Waals surface area contributed by atoms with E-state index in [1.807, 2.05) is 11.4 Å². The number of halogens is 1. The van der Waals surface area contributed by atoms with Crippen molar-refractivity contribution in [1.82, 2.24) is 9.97 Å². The van der Waals surface area contributed by atoms with Crippen LogP contribution in [0, 0.1) is 12.7 Å². The molecule has 0 radical (unpaired) electrons. The molecule has 0 aliphatic rings. The number of thiophene rings is 1. The third-order valence-corrected chi connectivity index (χ3v) is 3.63. The fourth-order valence-electron chi connectivity index (χ4n) is 1.69. The van der Waals surface area contributed by atoms with E-state index in [-0.39, 0.29) is 5.75 Å². The van der Waals surface area contributed by atoms with Gasteiger partial charge in [0.05, 0.1) is 5.52 Å². The van der Waals surface area contributed by atoms with Crippen molar-refractivity contribution in [2.24, 2.45) is 0 Å². The Morgan fingerprint density at radius 3 is 3.00 bits per heavy atom. The summed E-state index contributed by atoms with van der Waals surface area (Å²) in [5.74, 6) is -0.0467. The van der Waals surface area contributed by atoms with E-state index in [2.05, 4.69) is 9.97 Å². The number of nitrogen functional groups attached to an aromatic ring is 1. The average molecular weight is 275 g/mol. The number of benzene rings is 1. The van der Waals surface area contributed by atoms with Crippen LogP contribution in [0.5, 0.6) is 11.6 Å². The number of ether oxygens (including phenoxy) is 1. The maximum atomic E-state index is 13.8. The molecule has 4 nitrogen and oxygen atoms in total. The zero-order valence-electron chi connectivity index (χ0n) is 10.1. The molecule has 2 aromatic heterocycles. The molecular formula is C13H10FN3OS. The highest BCUT2D eigenvalue weighted by molar-refractivity contribution is 7.17. The summed E-state index contributed by atoms with van der Waals surface area (Å²) in [7, 11) is 0. The lowest BCUT2D eigenvalue weighted by molar-refractivity contribution is 0.432. The van der Waals surface area contributed by atoms with Gasteiger partial charge in [-0.05, 0) is 30.0 Å². The van der Waals surface area contributed by atoms with Gasteiger partial charge in [-0.1, -0.05) is 0 Å². The van der Waals surface area contributed by atoms with Crippen LogP contribution >= 0.6 is 11.3 Å². The molecule has 0 fully saturated rings. The van der Waals surface area contributed by atoms with E-state index in [9.17, 15) is 4.39 Å². The smallest absolute Gasteiger partial charge is 0.240 e. The summed E-state index contributed by atoms with van der Waals surface area (Å²) in [5.41, 5.74) is 7.57. The van der Waals surface area contributed by atoms with E-state index in [1.54, 1.807) is 13.0 Å². The zero-order chi connectivity index (χ0) is 13.4. The Morgan fingerprint density at radius 2 is 2.16 bits per heavy atom. The summed E-state index contributed by atoms with van der Waals surface area (Å²) in [6, 6.07) is 4.67. The lowest BCUT2D eigenvalue weighted by atomic mass is 10.2. The van der Waals surface area contributed by atoms with Gasteiger partial charge in [-0.25, -0.2) is 14.4 Å². The number of aromatic nitrogens is 2. The van der Waals surface area contributed by atoms with Crippen molar-refractivity contribution >= 4 is 27.2 Å². The summed E-state index contributed by atoms with van der Waals surface area (Å²) in [6.07, 6.45) is 1.40. The predicted molar refractivity (Wildman–Crippen MR) is 73.0 cm³/mol. The molecule has 3 rings (SSSR count). The van der Waals surface area contributed by atoms with Crippen LogP contribution in [0.25, 0.3) is 10.2 Å². The number of fused-ring (bicyclic) bond motifs is 1. The first-order chi connectivity index (χ1) is 9.15. The van der Waals surface area contributed by atoms with E-state index >= 15 is 0 Å². The molecule has 0 saturated carbocycles. The van der Waals surface area contributed by atoms with Crippen molar-refractivity contribution in [3.05, 3.63) is 41.3 Å². The molecule has 96 valence electrons. The average Bonchev–Trinajstić information content (AvgIpc) is 2.85.